The zero-order valence-electron chi connectivity index (χ0n) is 12.8. The van der Waals surface area contributed by atoms with Crippen LogP contribution in [0.3, 0.4) is 0 Å². The average Bonchev–Trinajstić information content (AvgIpc) is 2.88. The molecule has 5 heteroatoms. The number of halogens is 1. The van der Waals surface area contributed by atoms with E-state index in [0.717, 1.165) is 17.0 Å². The van der Waals surface area contributed by atoms with Gasteiger partial charge in [0, 0.05) is 16.8 Å². The summed E-state index contributed by atoms with van der Waals surface area (Å²) in [5.41, 5.74) is 2.73. The summed E-state index contributed by atoms with van der Waals surface area (Å²) in [6, 6.07) is 12.6. The number of anilines is 1. The van der Waals surface area contributed by atoms with Gasteiger partial charge >= 0.3 is 0 Å². The van der Waals surface area contributed by atoms with Gasteiger partial charge in [0.1, 0.15) is 11.6 Å². The first-order valence-electron chi connectivity index (χ1n) is 7.14. The van der Waals surface area contributed by atoms with Gasteiger partial charge in [-0.05, 0) is 62.4 Å². The van der Waals surface area contributed by atoms with E-state index in [1.165, 1.54) is 24.3 Å². The van der Waals surface area contributed by atoms with Crippen LogP contribution in [-0.2, 0) is 0 Å². The van der Waals surface area contributed by atoms with E-state index in [1.54, 1.807) is 12.1 Å². The van der Waals surface area contributed by atoms with E-state index in [1.807, 2.05) is 26.0 Å². The van der Waals surface area contributed by atoms with Crippen LogP contribution < -0.4 is 5.32 Å². The molecule has 3 rings (SSSR count). The number of benzene rings is 2. The van der Waals surface area contributed by atoms with Crippen molar-refractivity contribution in [2.45, 2.75) is 13.8 Å². The van der Waals surface area contributed by atoms with Crippen molar-refractivity contribution in [3.63, 3.8) is 0 Å². The van der Waals surface area contributed by atoms with E-state index < -0.39 is 0 Å². The lowest BCUT2D eigenvalue weighted by Crippen LogP contribution is -2.11. The van der Waals surface area contributed by atoms with Crippen LogP contribution in [0.25, 0.3) is 11.5 Å². The van der Waals surface area contributed by atoms with Crippen LogP contribution in [0.1, 0.15) is 21.8 Å². The molecule has 23 heavy (non-hydrogen) atoms. The van der Waals surface area contributed by atoms with Gasteiger partial charge in [-0.25, -0.2) is 9.37 Å². The summed E-state index contributed by atoms with van der Waals surface area (Å²) in [7, 11) is 0. The van der Waals surface area contributed by atoms with E-state index in [-0.39, 0.29) is 11.7 Å². The standard InChI is InChI=1S/C18H15FN2O2/c1-11-12(2)23-18(20-11)14-5-9-16(10-6-14)21-17(22)13-3-7-15(19)8-4-13/h3-10H,1-2H3,(H,21,22). The second kappa shape index (κ2) is 6.04. The molecule has 1 aromatic heterocycles. The Morgan fingerprint density at radius 3 is 2.26 bits per heavy atom. The van der Waals surface area contributed by atoms with Gasteiger partial charge in [-0.15, -0.1) is 0 Å². The molecule has 4 nitrogen and oxygen atoms in total. The minimum absolute atomic E-state index is 0.291. The van der Waals surface area contributed by atoms with E-state index in [2.05, 4.69) is 10.3 Å². The minimum Gasteiger partial charge on any atom is -0.441 e. The molecular formula is C18H15FN2O2. The molecule has 3 aromatic rings. The van der Waals surface area contributed by atoms with Crippen LogP contribution in [0.5, 0.6) is 0 Å². The number of amides is 1. The zero-order chi connectivity index (χ0) is 16.4. The molecule has 0 fully saturated rings. The number of carbonyl (C=O) groups is 1. The van der Waals surface area contributed by atoms with E-state index in [9.17, 15) is 9.18 Å². The monoisotopic (exact) mass is 310 g/mol. The van der Waals surface area contributed by atoms with Crippen molar-refractivity contribution in [1.29, 1.82) is 0 Å². The summed E-state index contributed by atoms with van der Waals surface area (Å²) < 4.78 is 18.4. The van der Waals surface area contributed by atoms with Crippen LogP contribution in [0.15, 0.2) is 52.9 Å². The number of nitrogens with zero attached hydrogens (tertiary/aromatic N) is 1. The predicted octanol–water partition coefficient (Wildman–Crippen LogP) is 4.35. The second-order valence-electron chi connectivity index (χ2n) is 5.20. The highest BCUT2D eigenvalue weighted by molar-refractivity contribution is 6.04. The molecule has 1 heterocycles. The maximum Gasteiger partial charge on any atom is 0.255 e. The first-order valence-corrected chi connectivity index (χ1v) is 7.14. The number of hydrogen-bond donors (Lipinski definition) is 1. The quantitative estimate of drug-likeness (QED) is 0.782. The van der Waals surface area contributed by atoms with Crippen molar-refractivity contribution in [1.82, 2.24) is 4.98 Å². The van der Waals surface area contributed by atoms with Crippen molar-refractivity contribution < 1.29 is 13.6 Å². The number of oxazole rings is 1. The highest BCUT2D eigenvalue weighted by Gasteiger charge is 2.09. The Bertz CT molecular complexity index is 817. The molecule has 0 atom stereocenters. The third-order valence-corrected chi connectivity index (χ3v) is 3.52. The molecule has 0 aliphatic heterocycles. The fraction of sp³-hybridized carbons (Fsp3) is 0.111. The normalized spacial score (nSPS) is 10.6. The minimum atomic E-state index is -0.373. The van der Waals surface area contributed by atoms with Crippen molar-refractivity contribution in [3.05, 3.63) is 71.4 Å². The van der Waals surface area contributed by atoms with E-state index >= 15 is 0 Å². The molecule has 116 valence electrons. The summed E-state index contributed by atoms with van der Waals surface area (Å²) in [6.07, 6.45) is 0. The smallest absolute Gasteiger partial charge is 0.255 e. The van der Waals surface area contributed by atoms with Crippen LogP contribution >= 0.6 is 0 Å². The van der Waals surface area contributed by atoms with Gasteiger partial charge in [0.25, 0.3) is 5.91 Å². The Hall–Kier alpha value is -2.95. The molecule has 0 bridgehead atoms. The third-order valence-electron chi connectivity index (χ3n) is 3.52. The lowest BCUT2D eigenvalue weighted by Gasteiger charge is -2.05. The summed E-state index contributed by atoms with van der Waals surface area (Å²) in [5, 5.41) is 2.76. The first kappa shape index (κ1) is 15.0. The number of aromatic nitrogens is 1. The average molecular weight is 310 g/mol. The lowest BCUT2D eigenvalue weighted by molar-refractivity contribution is 0.102. The van der Waals surface area contributed by atoms with Crippen molar-refractivity contribution >= 4 is 11.6 Å². The number of carbonyl (C=O) groups excluding carboxylic acids is 1. The Kier molecular flexibility index (Phi) is 3.93. The SMILES string of the molecule is Cc1nc(-c2ccc(NC(=O)c3ccc(F)cc3)cc2)oc1C. The lowest BCUT2D eigenvalue weighted by atomic mass is 10.2. The second-order valence-corrected chi connectivity index (χ2v) is 5.20. The summed E-state index contributed by atoms with van der Waals surface area (Å²) >= 11 is 0. The van der Waals surface area contributed by atoms with Gasteiger partial charge in [0.2, 0.25) is 5.89 Å². The number of nitrogens with one attached hydrogen (secondary N) is 1. The van der Waals surface area contributed by atoms with Gasteiger partial charge in [-0.3, -0.25) is 4.79 Å². The summed E-state index contributed by atoms with van der Waals surface area (Å²) in [5.74, 6) is 0.674. The van der Waals surface area contributed by atoms with Crippen LogP contribution in [0.2, 0.25) is 0 Å². The Morgan fingerprint density at radius 2 is 1.70 bits per heavy atom. The topological polar surface area (TPSA) is 55.1 Å². The number of hydrogen-bond acceptors (Lipinski definition) is 3. The van der Waals surface area contributed by atoms with Gasteiger partial charge < -0.3 is 9.73 Å². The third kappa shape index (κ3) is 3.29. The molecule has 0 saturated carbocycles. The molecule has 1 N–H and O–H groups in total. The van der Waals surface area contributed by atoms with Gasteiger partial charge in [0.15, 0.2) is 0 Å². The van der Waals surface area contributed by atoms with E-state index in [4.69, 9.17) is 4.42 Å². The summed E-state index contributed by atoms with van der Waals surface area (Å²) in [6.45, 7) is 3.75. The van der Waals surface area contributed by atoms with Crippen LogP contribution in [0.4, 0.5) is 10.1 Å². The molecular weight excluding hydrogens is 295 g/mol. The maximum atomic E-state index is 12.9. The van der Waals surface area contributed by atoms with E-state index in [0.29, 0.717) is 17.1 Å². The van der Waals surface area contributed by atoms with Gasteiger partial charge in [0.05, 0.1) is 5.69 Å². The molecule has 0 spiro atoms. The highest BCUT2D eigenvalue weighted by atomic mass is 19.1. The molecule has 0 radical (unpaired) electrons. The Balaban J connectivity index is 1.74. The zero-order valence-corrected chi connectivity index (χ0v) is 12.8. The first-order chi connectivity index (χ1) is 11.0. The number of aryl methyl sites for hydroxylation is 2. The van der Waals surface area contributed by atoms with Gasteiger partial charge in [-0.2, -0.15) is 0 Å². The predicted molar refractivity (Wildman–Crippen MR) is 85.8 cm³/mol. The molecule has 0 saturated heterocycles. The maximum absolute atomic E-state index is 12.9. The Labute approximate surface area is 133 Å². The van der Waals surface area contributed by atoms with Crippen LogP contribution in [-0.4, -0.2) is 10.9 Å². The Morgan fingerprint density at radius 1 is 1.04 bits per heavy atom. The van der Waals surface area contributed by atoms with Crippen molar-refractivity contribution in [2.24, 2.45) is 0 Å². The van der Waals surface area contributed by atoms with Gasteiger partial charge in [-0.1, -0.05) is 0 Å². The number of rotatable bonds is 3. The van der Waals surface area contributed by atoms with Crippen molar-refractivity contribution in [3.8, 4) is 11.5 Å². The fourth-order valence-corrected chi connectivity index (χ4v) is 2.10. The molecule has 0 aliphatic rings. The molecule has 0 unspecified atom stereocenters. The summed E-state index contributed by atoms with van der Waals surface area (Å²) in [4.78, 5) is 16.4. The fourth-order valence-electron chi connectivity index (χ4n) is 2.10. The highest BCUT2D eigenvalue weighted by Crippen LogP contribution is 2.23. The van der Waals surface area contributed by atoms with Crippen LogP contribution in [0, 0.1) is 19.7 Å². The molecule has 1 amide bonds. The molecule has 2 aromatic carbocycles. The molecule has 0 aliphatic carbocycles. The van der Waals surface area contributed by atoms with Crippen molar-refractivity contribution in [2.75, 3.05) is 5.32 Å². The largest absolute Gasteiger partial charge is 0.441 e.